The van der Waals surface area contributed by atoms with E-state index in [0.29, 0.717) is 0 Å². The number of rotatable bonds is 7. The molecule has 0 aliphatic heterocycles. The molecule has 0 saturated heterocycles. The van der Waals surface area contributed by atoms with Crippen molar-refractivity contribution in [3.05, 3.63) is 29.8 Å². The second-order valence-corrected chi connectivity index (χ2v) is 4.69. The van der Waals surface area contributed by atoms with Gasteiger partial charge in [-0.3, -0.25) is 4.79 Å². The molecule has 0 aromatic heterocycles. The van der Waals surface area contributed by atoms with Gasteiger partial charge in [0.2, 0.25) is 0 Å². The van der Waals surface area contributed by atoms with Crippen LogP contribution in [0.4, 0.5) is 0 Å². The summed E-state index contributed by atoms with van der Waals surface area (Å²) in [7, 11) is 0. The maximum atomic E-state index is 11.0. The number of benzene rings is 1. The van der Waals surface area contributed by atoms with E-state index in [2.05, 4.69) is 5.16 Å². The minimum Gasteiger partial charge on any atom is -0.490 e. The predicted octanol–water partition coefficient (Wildman–Crippen LogP) is 2.72. The van der Waals surface area contributed by atoms with E-state index in [9.17, 15) is 4.79 Å². The summed E-state index contributed by atoms with van der Waals surface area (Å²) in [5.41, 5.74) is 1.95. The molecule has 0 fully saturated rings. The number of hydrogen-bond donors (Lipinski definition) is 0. The molecule has 5 nitrogen and oxygen atoms in total. The summed E-state index contributed by atoms with van der Waals surface area (Å²) < 4.78 is 10.7. The fourth-order valence-corrected chi connectivity index (χ4v) is 1.42. The van der Waals surface area contributed by atoms with Crippen LogP contribution >= 0.6 is 0 Å². The molecule has 1 rings (SSSR count). The Morgan fingerprint density at radius 2 is 1.80 bits per heavy atom. The van der Waals surface area contributed by atoms with E-state index >= 15 is 0 Å². The third-order valence-corrected chi connectivity index (χ3v) is 2.30. The molecule has 0 N–H and O–H groups in total. The van der Waals surface area contributed by atoms with E-state index in [-0.39, 0.29) is 19.2 Å². The summed E-state index contributed by atoms with van der Waals surface area (Å²) in [6.45, 7) is 7.39. The number of esters is 1. The Hall–Kier alpha value is -2.04. The van der Waals surface area contributed by atoms with Crippen LogP contribution < -0.4 is 4.74 Å². The Bertz CT molecular complexity index is 449. The number of aryl methyl sites for hydroxylation is 1. The number of nitrogens with zero attached hydrogens (tertiary/aromatic N) is 1. The molecule has 0 radical (unpaired) electrons. The van der Waals surface area contributed by atoms with Gasteiger partial charge in [0.15, 0.2) is 12.7 Å². The molecule has 0 bridgehead atoms. The fourth-order valence-electron chi connectivity index (χ4n) is 1.42. The van der Waals surface area contributed by atoms with Crippen molar-refractivity contribution in [3.8, 4) is 5.75 Å². The van der Waals surface area contributed by atoms with E-state index in [1.165, 1.54) is 6.92 Å². The first kappa shape index (κ1) is 16.0. The van der Waals surface area contributed by atoms with Crippen molar-refractivity contribution in [1.82, 2.24) is 0 Å². The maximum absolute atomic E-state index is 11.0. The van der Waals surface area contributed by atoms with Gasteiger partial charge in [0.05, 0.1) is 5.71 Å². The first-order chi connectivity index (χ1) is 9.47. The number of carbonyl (C=O) groups is 1. The molecule has 110 valence electrons. The Morgan fingerprint density at radius 1 is 1.15 bits per heavy atom. The smallest absolute Gasteiger partial charge is 0.303 e. The summed E-state index contributed by atoms with van der Waals surface area (Å²) in [5.74, 6) is 0.353. The predicted molar refractivity (Wildman–Crippen MR) is 77.0 cm³/mol. The molecule has 20 heavy (non-hydrogen) atoms. The van der Waals surface area contributed by atoms with Gasteiger partial charge in [0.1, 0.15) is 12.4 Å². The summed E-state index contributed by atoms with van der Waals surface area (Å²) >= 11 is 0. The molecule has 1 atom stereocenters. The van der Waals surface area contributed by atoms with Gasteiger partial charge in [-0.05, 0) is 32.9 Å². The van der Waals surface area contributed by atoms with Crippen molar-refractivity contribution in [2.75, 3.05) is 13.2 Å². The summed E-state index contributed by atoms with van der Waals surface area (Å²) in [5, 5.41) is 3.81. The van der Waals surface area contributed by atoms with E-state index in [1.807, 2.05) is 45.0 Å². The largest absolute Gasteiger partial charge is 0.490 e. The van der Waals surface area contributed by atoms with Crippen molar-refractivity contribution in [2.45, 2.75) is 33.8 Å². The van der Waals surface area contributed by atoms with Crippen LogP contribution in [0.3, 0.4) is 0 Å². The Kier molecular flexibility index (Phi) is 6.56. The molecule has 0 amide bonds. The lowest BCUT2D eigenvalue weighted by molar-refractivity contribution is -0.151. The standard InChI is InChI=1S/C15H21NO4/c1-11(2)16-19-10-15(20-13(4)17)9-18-14-7-5-12(3)6-8-14/h5-8,15H,9-10H2,1-4H3/t15-/m1/s1. The SMILES string of the molecule is CC(=O)O[C@@H](CON=C(C)C)COc1ccc(C)cc1. The van der Waals surface area contributed by atoms with Crippen molar-refractivity contribution in [1.29, 1.82) is 0 Å². The van der Waals surface area contributed by atoms with Crippen LogP contribution in [0.2, 0.25) is 0 Å². The molecule has 0 aliphatic rings. The minimum absolute atomic E-state index is 0.163. The number of hydrogen-bond acceptors (Lipinski definition) is 5. The highest BCUT2D eigenvalue weighted by Gasteiger charge is 2.14. The van der Waals surface area contributed by atoms with E-state index in [1.54, 1.807) is 0 Å². The molecule has 5 heteroatoms. The van der Waals surface area contributed by atoms with Gasteiger partial charge < -0.3 is 14.3 Å². The van der Waals surface area contributed by atoms with Crippen LogP contribution in [0.1, 0.15) is 26.3 Å². The Balaban J connectivity index is 2.49. The van der Waals surface area contributed by atoms with Crippen LogP contribution in [0.15, 0.2) is 29.4 Å². The molecule has 1 aromatic rings. The second kappa shape index (κ2) is 8.19. The van der Waals surface area contributed by atoms with Crippen molar-refractivity contribution < 1.29 is 19.1 Å². The first-order valence-corrected chi connectivity index (χ1v) is 6.47. The van der Waals surface area contributed by atoms with Crippen LogP contribution in [0, 0.1) is 6.92 Å². The average Bonchev–Trinajstić information content (AvgIpc) is 2.36. The van der Waals surface area contributed by atoms with E-state index in [4.69, 9.17) is 14.3 Å². The lowest BCUT2D eigenvalue weighted by Crippen LogP contribution is -2.28. The zero-order valence-corrected chi connectivity index (χ0v) is 12.4. The Morgan fingerprint density at radius 3 is 2.35 bits per heavy atom. The van der Waals surface area contributed by atoms with Gasteiger partial charge in [0.25, 0.3) is 0 Å². The van der Waals surface area contributed by atoms with Crippen molar-refractivity contribution >= 4 is 11.7 Å². The summed E-state index contributed by atoms with van der Waals surface area (Å²) in [6, 6.07) is 7.65. The highest BCUT2D eigenvalue weighted by atomic mass is 16.7. The third-order valence-electron chi connectivity index (χ3n) is 2.30. The van der Waals surface area contributed by atoms with Gasteiger partial charge in [0, 0.05) is 6.92 Å². The van der Waals surface area contributed by atoms with Crippen LogP contribution in [0.25, 0.3) is 0 Å². The molecule has 1 aromatic carbocycles. The van der Waals surface area contributed by atoms with Gasteiger partial charge in [-0.1, -0.05) is 22.9 Å². The van der Waals surface area contributed by atoms with Gasteiger partial charge >= 0.3 is 5.97 Å². The molecular formula is C15H21NO4. The van der Waals surface area contributed by atoms with Gasteiger partial charge in [-0.15, -0.1) is 0 Å². The number of oxime groups is 1. The lowest BCUT2D eigenvalue weighted by atomic mass is 10.2. The van der Waals surface area contributed by atoms with Crippen LogP contribution in [0.5, 0.6) is 5.75 Å². The third kappa shape index (κ3) is 6.78. The monoisotopic (exact) mass is 279 g/mol. The molecule has 0 aliphatic carbocycles. The molecule has 0 saturated carbocycles. The van der Waals surface area contributed by atoms with Gasteiger partial charge in [-0.25, -0.2) is 0 Å². The van der Waals surface area contributed by atoms with Crippen LogP contribution in [-0.2, 0) is 14.4 Å². The number of ether oxygens (including phenoxy) is 2. The quantitative estimate of drug-likeness (QED) is 0.437. The van der Waals surface area contributed by atoms with E-state index in [0.717, 1.165) is 17.0 Å². The molecule has 0 spiro atoms. The zero-order valence-electron chi connectivity index (χ0n) is 12.4. The highest BCUT2D eigenvalue weighted by Crippen LogP contribution is 2.12. The summed E-state index contributed by atoms with van der Waals surface area (Å²) in [4.78, 5) is 16.1. The fraction of sp³-hybridized carbons (Fsp3) is 0.467. The van der Waals surface area contributed by atoms with Gasteiger partial charge in [-0.2, -0.15) is 0 Å². The summed E-state index contributed by atoms with van der Waals surface area (Å²) in [6.07, 6.45) is -0.489. The Labute approximate surface area is 119 Å². The molecule has 0 unspecified atom stereocenters. The highest BCUT2D eigenvalue weighted by molar-refractivity contribution is 5.78. The lowest BCUT2D eigenvalue weighted by Gasteiger charge is -2.16. The van der Waals surface area contributed by atoms with Crippen LogP contribution in [-0.4, -0.2) is 31.0 Å². The van der Waals surface area contributed by atoms with E-state index < -0.39 is 6.10 Å². The van der Waals surface area contributed by atoms with Crippen molar-refractivity contribution in [3.63, 3.8) is 0 Å². The number of carbonyl (C=O) groups excluding carboxylic acids is 1. The molecule has 0 heterocycles. The first-order valence-electron chi connectivity index (χ1n) is 6.47. The zero-order chi connectivity index (χ0) is 15.0. The minimum atomic E-state index is -0.489. The average molecular weight is 279 g/mol. The van der Waals surface area contributed by atoms with Crippen molar-refractivity contribution in [2.24, 2.45) is 5.16 Å². The maximum Gasteiger partial charge on any atom is 0.303 e. The topological polar surface area (TPSA) is 57.1 Å². The normalized spacial score (nSPS) is 11.4. The molecular weight excluding hydrogens is 258 g/mol. The second-order valence-electron chi connectivity index (χ2n) is 4.69.